The van der Waals surface area contributed by atoms with E-state index in [1.54, 1.807) is 81.4 Å². The van der Waals surface area contributed by atoms with E-state index in [4.69, 9.17) is 21.1 Å². The summed E-state index contributed by atoms with van der Waals surface area (Å²) >= 11 is 6.01. The molecule has 13 nitrogen and oxygen atoms in total. The lowest BCUT2D eigenvalue weighted by molar-refractivity contribution is -0.142. The van der Waals surface area contributed by atoms with Gasteiger partial charge in [-0.15, -0.1) is 0 Å². The number of carbonyl (C=O) groups excluding carboxylic acids is 5. The van der Waals surface area contributed by atoms with Crippen LogP contribution in [0.2, 0.25) is 5.02 Å². The Balaban J connectivity index is 1.33. The molecule has 57 heavy (non-hydrogen) atoms. The molecule has 4 aromatic carbocycles. The van der Waals surface area contributed by atoms with E-state index in [1.165, 1.54) is 18.0 Å². The van der Waals surface area contributed by atoms with Crippen LogP contribution >= 0.6 is 11.6 Å². The van der Waals surface area contributed by atoms with E-state index in [0.29, 0.717) is 32.8 Å². The minimum Gasteiger partial charge on any atom is -0.480 e. The predicted molar refractivity (Wildman–Crippen MR) is 212 cm³/mol. The summed E-state index contributed by atoms with van der Waals surface area (Å²) in [7, 11) is 1.41. The number of carbonyl (C=O) groups is 6. The zero-order valence-electron chi connectivity index (χ0n) is 31.9. The van der Waals surface area contributed by atoms with Gasteiger partial charge in [0.2, 0.25) is 17.7 Å². The average molecular weight is 795 g/mol. The monoisotopic (exact) mass is 794 g/mol. The molecule has 1 aliphatic carbocycles. The van der Waals surface area contributed by atoms with E-state index < -0.39 is 66.5 Å². The second kappa shape index (κ2) is 16.9. The molecule has 1 fully saturated rings. The lowest BCUT2D eigenvalue weighted by Crippen LogP contribution is -2.49. The molecule has 0 spiro atoms. The Hall–Kier alpha value is -6.21. The van der Waals surface area contributed by atoms with Gasteiger partial charge < -0.3 is 35.4 Å². The highest BCUT2D eigenvalue weighted by molar-refractivity contribution is 6.30. The number of hydrogen-bond acceptors (Lipinski definition) is 8. The van der Waals surface area contributed by atoms with Gasteiger partial charge in [-0.3, -0.25) is 19.2 Å². The first kappa shape index (κ1) is 40.5. The number of aliphatic carboxylic acids is 1. The number of fused-ring (bicyclic) bond motifs is 5. The van der Waals surface area contributed by atoms with Gasteiger partial charge >= 0.3 is 12.1 Å². The summed E-state index contributed by atoms with van der Waals surface area (Å²) in [5.41, 5.74) is 4.10. The summed E-state index contributed by atoms with van der Waals surface area (Å²) in [6.45, 7) is 4.08. The van der Waals surface area contributed by atoms with Gasteiger partial charge in [0.25, 0.3) is 5.91 Å². The van der Waals surface area contributed by atoms with Gasteiger partial charge in [-0.25, -0.2) is 9.59 Å². The summed E-state index contributed by atoms with van der Waals surface area (Å²) in [4.78, 5) is 80.3. The van der Waals surface area contributed by atoms with E-state index >= 15 is 0 Å². The highest BCUT2D eigenvalue weighted by atomic mass is 35.5. The number of halogens is 1. The maximum absolute atomic E-state index is 14.0. The fourth-order valence-corrected chi connectivity index (χ4v) is 6.70. The summed E-state index contributed by atoms with van der Waals surface area (Å²) in [6.07, 6.45) is 0.735. The number of carboxylic acids is 1. The lowest BCUT2D eigenvalue weighted by Gasteiger charge is -2.29. The molecular weight excluding hydrogens is 752 g/mol. The standard InChI is InChI=1S/C43H43ClN4O9/c1-43(2,3)57-42(55)56-35-18-5-24-19-33(35)32-21-29(14-17-31(32)27-8-9-27)38(40(52)45-22-36(49)47-34(20-24)41(53)54)48(4)37(50)23-46-39(51)28-10-6-25(7-11-28)26-12-15-30(44)16-13-26/h5-7,10-19,21,27,34,38H,8-9,20,22-23H2,1-4H3,(H,45,52)(H,46,51)(H,47,49)(H,53,54). The van der Waals surface area contributed by atoms with Gasteiger partial charge in [0, 0.05) is 29.6 Å². The second-order valence-electron chi connectivity index (χ2n) is 15.1. The third kappa shape index (κ3) is 10.2. The molecule has 0 saturated heterocycles. The van der Waals surface area contributed by atoms with E-state index in [2.05, 4.69) is 16.0 Å². The number of amides is 4. The van der Waals surface area contributed by atoms with Crippen LogP contribution in [-0.2, 0) is 30.3 Å². The van der Waals surface area contributed by atoms with Gasteiger partial charge in [-0.1, -0.05) is 54.1 Å². The van der Waals surface area contributed by atoms with E-state index in [-0.39, 0.29) is 18.1 Å². The number of ether oxygens (including phenoxy) is 2. The van der Waals surface area contributed by atoms with Crippen molar-refractivity contribution in [2.24, 2.45) is 0 Å². The van der Waals surface area contributed by atoms with Crippen molar-refractivity contribution in [3.63, 3.8) is 0 Å². The summed E-state index contributed by atoms with van der Waals surface area (Å²) in [5.74, 6) is -3.60. The van der Waals surface area contributed by atoms with Crippen LogP contribution in [0.25, 0.3) is 22.3 Å². The molecule has 4 aromatic rings. The van der Waals surface area contributed by atoms with Crippen molar-refractivity contribution < 1.29 is 43.3 Å². The fourth-order valence-electron chi connectivity index (χ4n) is 6.57. The number of nitrogens with one attached hydrogen (secondary N) is 3. The predicted octanol–water partition coefficient (Wildman–Crippen LogP) is 6.04. The second-order valence-corrected chi connectivity index (χ2v) is 15.5. The van der Waals surface area contributed by atoms with Crippen molar-refractivity contribution in [3.8, 4) is 28.0 Å². The van der Waals surface area contributed by atoms with Crippen molar-refractivity contribution in [2.45, 2.75) is 63.6 Å². The van der Waals surface area contributed by atoms with Crippen molar-refractivity contribution in [3.05, 3.63) is 112 Å². The first-order valence-corrected chi connectivity index (χ1v) is 18.8. The van der Waals surface area contributed by atoms with Crippen LogP contribution in [0, 0.1) is 0 Å². The van der Waals surface area contributed by atoms with Crippen molar-refractivity contribution >= 4 is 47.4 Å². The largest absolute Gasteiger partial charge is 0.514 e. The van der Waals surface area contributed by atoms with Crippen LogP contribution in [0.3, 0.4) is 0 Å². The minimum atomic E-state index is -1.35. The van der Waals surface area contributed by atoms with Crippen molar-refractivity contribution in [1.29, 1.82) is 0 Å². The Bertz CT molecular complexity index is 2210. The van der Waals surface area contributed by atoms with Gasteiger partial charge in [0.05, 0.1) is 13.1 Å². The molecule has 0 radical (unpaired) electrons. The maximum atomic E-state index is 14.0. The Morgan fingerprint density at radius 1 is 0.895 bits per heavy atom. The van der Waals surface area contributed by atoms with Crippen LogP contribution in [-0.4, -0.2) is 77.5 Å². The molecule has 4 amide bonds. The third-order valence-electron chi connectivity index (χ3n) is 9.58. The summed E-state index contributed by atoms with van der Waals surface area (Å²) in [5, 5.41) is 18.2. The van der Waals surface area contributed by atoms with E-state index in [9.17, 15) is 33.9 Å². The molecule has 6 rings (SSSR count). The topological polar surface area (TPSA) is 180 Å². The van der Waals surface area contributed by atoms with Crippen molar-refractivity contribution in [1.82, 2.24) is 20.9 Å². The average Bonchev–Trinajstić information content (AvgIpc) is 4.01. The fraction of sp³-hybridized carbons (Fsp3) is 0.302. The SMILES string of the molecule is CN(C(=O)CNC(=O)c1ccc(-c2ccc(Cl)cc2)cc1)C1C(=O)NCC(=O)NC(C(=O)O)Cc2ccc(OC(=O)OC(C)(C)C)c(c2)-c2cc1ccc2C1CC1. The smallest absolute Gasteiger partial charge is 0.480 e. The lowest BCUT2D eigenvalue weighted by atomic mass is 9.90. The quantitative estimate of drug-likeness (QED) is 0.122. The molecule has 2 aliphatic rings. The third-order valence-corrected chi connectivity index (χ3v) is 9.83. The zero-order chi connectivity index (χ0) is 41.0. The highest BCUT2D eigenvalue weighted by Gasteiger charge is 2.34. The van der Waals surface area contributed by atoms with Gasteiger partial charge in [-0.05, 0) is 115 Å². The maximum Gasteiger partial charge on any atom is 0.514 e. The molecule has 4 N–H and O–H groups in total. The molecule has 0 aromatic heterocycles. The van der Waals surface area contributed by atoms with Crippen molar-refractivity contribution in [2.75, 3.05) is 20.1 Å². The summed E-state index contributed by atoms with van der Waals surface area (Å²) in [6, 6.07) is 21.6. The van der Waals surface area contributed by atoms with E-state index in [1.807, 2.05) is 18.2 Å². The molecule has 2 atom stereocenters. The molecule has 1 aliphatic heterocycles. The number of carboxylic acid groups (broad SMARTS) is 1. The summed E-state index contributed by atoms with van der Waals surface area (Å²) < 4.78 is 11.2. The molecule has 1 saturated carbocycles. The number of hydrogen-bond donors (Lipinski definition) is 4. The molecule has 4 bridgehead atoms. The molecule has 1 heterocycles. The molecular formula is C43H43ClN4O9. The first-order valence-electron chi connectivity index (χ1n) is 18.4. The van der Waals surface area contributed by atoms with E-state index in [0.717, 1.165) is 29.5 Å². The normalized spacial score (nSPS) is 16.9. The van der Waals surface area contributed by atoms with Gasteiger partial charge in [0.15, 0.2) is 0 Å². The minimum absolute atomic E-state index is 0.106. The molecule has 296 valence electrons. The zero-order valence-corrected chi connectivity index (χ0v) is 32.6. The molecule has 2 unspecified atom stereocenters. The van der Waals surface area contributed by atoms with Crippen LogP contribution in [0.4, 0.5) is 4.79 Å². The molecule has 14 heteroatoms. The first-order chi connectivity index (χ1) is 27.1. The van der Waals surface area contributed by atoms with Gasteiger partial charge in [0.1, 0.15) is 23.4 Å². The number of benzene rings is 4. The Morgan fingerprint density at radius 2 is 1.56 bits per heavy atom. The van der Waals surface area contributed by atoms with Gasteiger partial charge in [-0.2, -0.15) is 0 Å². The Labute approximate surface area is 334 Å². The number of rotatable bonds is 8. The number of nitrogens with zero attached hydrogens (tertiary/aromatic N) is 1. The highest BCUT2D eigenvalue weighted by Crippen LogP contribution is 2.47. The number of likely N-dealkylation sites (N-methyl/N-ethyl adjacent to an activating group) is 1. The Morgan fingerprint density at radius 3 is 2.19 bits per heavy atom. The van der Waals surface area contributed by atoms with Crippen LogP contribution < -0.4 is 20.7 Å². The Kier molecular flexibility index (Phi) is 12.0. The van der Waals surface area contributed by atoms with Crippen LogP contribution in [0.1, 0.15) is 72.6 Å². The van der Waals surface area contributed by atoms with Crippen LogP contribution in [0.5, 0.6) is 5.75 Å². The van der Waals surface area contributed by atoms with Crippen LogP contribution in [0.15, 0.2) is 84.9 Å².